The fourth-order valence-electron chi connectivity index (χ4n) is 3.86. The van der Waals surface area contributed by atoms with Gasteiger partial charge >= 0.3 is 5.97 Å². The summed E-state index contributed by atoms with van der Waals surface area (Å²) in [6.07, 6.45) is 3.61. The largest absolute Gasteiger partial charge is 0.454 e. The third kappa shape index (κ3) is 8.09. The van der Waals surface area contributed by atoms with E-state index in [4.69, 9.17) is 13.9 Å². The molecule has 0 spiro atoms. The van der Waals surface area contributed by atoms with Crippen LogP contribution in [-0.4, -0.2) is 57.9 Å². The maximum Gasteiger partial charge on any atom is 0.376 e. The molecule has 2 aromatic heterocycles. The second-order valence-electron chi connectivity index (χ2n) is 12.3. The summed E-state index contributed by atoms with van der Waals surface area (Å²) in [5.74, 6) is 0.541. The highest BCUT2D eigenvalue weighted by Gasteiger charge is 2.30. The molecule has 0 unspecified atom stereocenters. The zero-order valence-electron chi connectivity index (χ0n) is 23.9. The van der Waals surface area contributed by atoms with Crippen LogP contribution in [0.25, 0.3) is 22.8 Å². The van der Waals surface area contributed by atoms with Crippen molar-refractivity contribution in [3.63, 3.8) is 0 Å². The fourth-order valence-corrected chi connectivity index (χ4v) is 4.62. The van der Waals surface area contributed by atoms with E-state index in [0.29, 0.717) is 29.5 Å². The predicted molar refractivity (Wildman–Crippen MR) is 150 cm³/mol. The second kappa shape index (κ2) is 11.4. The summed E-state index contributed by atoms with van der Waals surface area (Å²) in [7, 11) is -1.26. The molecule has 210 valence electrons. The van der Waals surface area contributed by atoms with Gasteiger partial charge in [0.15, 0.2) is 5.82 Å². The third-order valence-corrected chi connectivity index (χ3v) is 7.95. The molecule has 2 heterocycles. The van der Waals surface area contributed by atoms with Gasteiger partial charge in [-0.1, -0.05) is 31.8 Å². The number of rotatable bonds is 11. The van der Waals surface area contributed by atoms with Crippen LogP contribution in [-0.2, 0) is 16.2 Å². The molecule has 3 aromatic rings. The predicted octanol–water partition coefficient (Wildman–Crippen LogP) is 5.40. The van der Waals surface area contributed by atoms with E-state index in [1.54, 1.807) is 20.8 Å². The van der Waals surface area contributed by atoms with Crippen LogP contribution in [0.15, 0.2) is 34.9 Å². The topological polar surface area (TPSA) is 121 Å². The van der Waals surface area contributed by atoms with Crippen molar-refractivity contribution in [1.29, 1.82) is 0 Å². The Bertz CT molecular complexity index is 1320. The van der Waals surface area contributed by atoms with Gasteiger partial charge in [-0.2, -0.15) is 0 Å². The molecule has 0 saturated heterocycles. The number of esters is 1. The van der Waals surface area contributed by atoms with Crippen LogP contribution in [0, 0.1) is 5.92 Å². The lowest BCUT2D eigenvalue weighted by atomic mass is 10.1. The zero-order valence-corrected chi connectivity index (χ0v) is 24.9. The Morgan fingerprint density at radius 1 is 1.21 bits per heavy atom. The number of carbonyl (C=O) groups is 2. The van der Waals surface area contributed by atoms with E-state index < -0.39 is 19.6 Å². The van der Waals surface area contributed by atoms with Gasteiger partial charge in [-0.05, 0) is 64.6 Å². The standard InChI is InChI=1S/C28H39N5O5Si/c1-18(19-11-12-19)30-25(34)24-31-23(32-33(24)17-36-13-14-39(5,6)7)20-9-8-10-21(15-20)26-29-16-22(37-26)27(35)38-28(2,3)4/h8-10,15-16,18-19H,11-14,17H2,1-7H3,(H,30,34)/t18-/m0/s1. The monoisotopic (exact) mass is 553 g/mol. The lowest BCUT2D eigenvalue weighted by Crippen LogP contribution is -2.36. The molecule has 4 rings (SSSR count). The van der Waals surface area contributed by atoms with E-state index in [0.717, 1.165) is 18.9 Å². The van der Waals surface area contributed by atoms with Crippen molar-refractivity contribution in [2.45, 2.75) is 84.6 Å². The van der Waals surface area contributed by atoms with Crippen LogP contribution in [0.2, 0.25) is 25.7 Å². The molecule has 1 N–H and O–H groups in total. The van der Waals surface area contributed by atoms with Crippen molar-refractivity contribution >= 4 is 20.0 Å². The molecule has 0 aliphatic heterocycles. The normalized spacial score (nSPS) is 14.7. The van der Waals surface area contributed by atoms with Crippen molar-refractivity contribution in [2.24, 2.45) is 5.92 Å². The first kappa shape index (κ1) is 28.7. The first-order chi connectivity index (χ1) is 18.3. The fraction of sp³-hybridized carbons (Fsp3) is 0.536. The molecule has 11 heteroatoms. The number of ether oxygens (including phenoxy) is 2. The molecule has 39 heavy (non-hydrogen) atoms. The number of hydrogen-bond donors (Lipinski definition) is 1. The molecule has 10 nitrogen and oxygen atoms in total. The molecule has 1 aliphatic carbocycles. The van der Waals surface area contributed by atoms with E-state index in [-0.39, 0.29) is 36.2 Å². The van der Waals surface area contributed by atoms with Crippen LogP contribution in [0.5, 0.6) is 0 Å². The van der Waals surface area contributed by atoms with Crippen LogP contribution in [0.4, 0.5) is 0 Å². The number of nitrogens with zero attached hydrogens (tertiary/aromatic N) is 4. The molecular formula is C28H39N5O5Si. The van der Waals surface area contributed by atoms with Gasteiger partial charge < -0.3 is 19.2 Å². The van der Waals surface area contributed by atoms with Crippen molar-refractivity contribution in [1.82, 2.24) is 25.1 Å². The quantitative estimate of drug-likeness (QED) is 0.190. The SMILES string of the molecule is C[C@H](NC(=O)c1nc(-c2cccc(-c3ncc(C(=O)OC(C)(C)C)o3)c2)nn1COCC[Si](C)(C)C)C1CC1. The number of aromatic nitrogens is 4. The number of nitrogens with one attached hydrogen (secondary N) is 1. The molecule has 1 amide bonds. The summed E-state index contributed by atoms with van der Waals surface area (Å²) in [5, 5.41) is 7.68. The maximum atomic E-state index is 13.1. The summed E-state index contributed by atoms with van der Waals surface area (Å²) in [5.41, 5.74) is 0.667. The lowest BCUT2D eigenvalue weighted by Gasteiger charge is -2.18. The molecule has 1 aliphatic rings. The highest BCUT2D eigenvalue weighted by atomic mass is 28.3. The number of carbonyl (C=O) groups excluding carboxylic acids is 2. The van der Waals surface area contributed by atoms with Crippen LogP contribution < -0.4 is 5.32 Å². The van der Waals surface area contributed by atoms with Gasteiger partial charge in [0.2, 0.25) is 17.5 Å². The molecule has 1 aromatic carbocycles. The zero-order chi connectivity index (χ0) is 28.4. The highest BCUT2D eigenvalue weighted by molar-refractivity contribution is 6.76. The molecule has 0 bridgehead atoms. The second-order valence-corrected chi connectivity index (χ2v) is 17.9. The van der Waals surface area contributed by atoms with E-state index in [9.17, 15) is 9.59 Å². The third-order valence-electron chi connectivity index (χ3n) is 6.25. The lowest BCUT2D eigenvalue weighted by molar-refractivity contribution is 0.00367. The van der Waals surface area contributed by atoms with Crippen LogP contribution in [0.1, 0.15) is 61.7 Å². The average Bonchev–Trinajstić information content (AvgIpc) is 3.42. The summed E-state index contributed by atoms with van der Waals surface area (Å²) in [6, 6.07) is 8.38. The van der Waals surface area contributed by atoms with Crippen molar-refractivity contribution in [3.05, 3.63) is 42.0 Å². The van der Waals surface area contributed by atoms with Gasteiger partial charge in [0, 0.05) is 31.8 Å². The summed E-state index contributed by atoms with van der Waals surface area (Å²) < 4.78 is 18.5. The van der Waals surface area contributed by atoms with Crippen molar-refractivity contribution in [3.8, 4) is 22.8 Å². The summed E-state index contributed by atoms with van der Waals surface area (Å²) >= 11 is 0. The van der Waals surface area contributed by atoms with Gasteiger partial charge in [0.1, 0.15) is 12.3 Å². The minimum absolute atomic E-state index is 0.0203. The van der Waals surface area contributed by atoms with Gasteiger partial charge in [-0.25, -0.2) is 19.4 Å². The molecular weight excluding hydrogens is 514 g/mol. The molecule has 1 atom stereocenters. The Kier molecular flexibility index (Phi) is 8.41. The minimum Gasteiger partial charge on any atom is -0.454 e. The first-order valence-corrected chi connectivity index (χ1v) is 17.1. The van der Waals surface area contributed by atoms with Gasteiger partial charge in [-0.15, -0.1) is 5.10 Å². The van der Waals surface area contributed by atoms with Crippen LogP contribution in [0.3, 0.4) is 0 Å². The van der Waals surface area contributed by atoms with E-state index >= 15 is 0 Å². The number of benzene rings is 1. The summed E-state index contributed by atoms with van der Waals surface area (Å²) in [4.78, 5) is 34.3. The number of hydrogen-bond acceptors (Lipinski definition) is 8. The van der Waals surface area contributed by atoms with Gasteiger partial charge in [0.25, 0.3) is 5.91 Å². The Balaban J connectivity index is 1.56. The Hall–Kier alpha value is -3.31. The van der Waals surface area contributed by atoms with E-state index in [1.807, 2.05) is 31.2 Å². The first-order valence-electron chi connectivity index (χ1n) is 13.4. The Labute approximate surface area is 230 Å². The maximum absolute atomic E-state index is 13.1. The van der Waals surface area contributed by atoms with Gasteiger partial charge in [-0.3, -0.25) is 4.79 Å². The molecule has 0 radical (unpaired) electrons. The number of oxazole rings is 1. The summed E-state index contributed by atoms with van der Waals surface area (Å²) in [6.45, 7) is 15.0. The smallest absolute Gasteiger partial charge is 0.376 e. The number of amides is 1. The molecule has 1 fully saturated rings. The average molecular weight is 554 g/mol. The van der Waals surface area contributed by atoms with Crippen molar-refractivity contribution < 1.29 is 23.5 Å². The van der Waals surface area contributed by atoms with Crippen molar-refractivity contribution in [2.75, 3.05) is 6.61 Å². The Morgan fingerprint density at radius 2 is 1.92 bits per heavy atom. The molecule has 1 saturated carbocycles. The Morgan fingerprint density at radius 3 is 2.59 bits per heavy atom. The van der Waals surface area contributed by atoms with E-state index in [2.05, 4.69) is 40.0 Å². The highest BCUT2D eigenvalue weighted by Crippen LogP contribution is 2.32. The van der Waals surface area contributed by atoms with E-state index in [1.165, 1.54) is 10.9 Å². The van der Waals surface area contributed by atoms with Gasteiger partial charge in [0.05, 0.1) is 6.20 Å². The van der Waals surface area contributed by atoms with Crippen LogP contribution >= 0.6 is 0 Å². The minimum atomic E-state index is -1.26.